The van der Waals surface area contributed by atoms with Crippen LogP contribution in [0.1, 0.15) is 30.1 Å². The van der Waals surface area contributed by atoms with Crippen molar-refractivity contribution in [1.29, 1.82) is 0 Å². The quantitative estimate of drug-likeness (QED) is 0.608. The highest BCUT2D eigenvalue weighted by Crippen LogP contribution is 2.22. The number of para-hydroxylation sites is 1. The number of carbonyl (C=O) groups excluding carboxylic acids is 3. The van der Waals surface area contributed by atoms with Crippen LogP contribution in [-0.4, -0.2) is 44.2 Å². The second-order valence-corrected chi connectivity index (χ2v) is 8.01. The lowest BCUT2D eigenvalue weighted by atomic mass is 10.1. The minimum atomic E-state index is -3.04. The number of ether oxygens (including phenoxy) is 1. The van der Waals surface area contributed by atoms with E-state index in [-0.39, 0.29) is 29.6 Å². The van der Waals surface area contributed by atoms with E-state index in [4.69, 9.17) is 4.74 Å². The normalized spacial score (nSPS) is 18.8. The first kappa shape index (κ1) is 18.1. The summed E-state index contributed by atoms with van der Waals surface area (Å²) in [6.07, 6.45) is 0.423. The summed E-state index contributed by atoms with van der Waals surface area (Å²) in [5.74, 6) is -1.52. The van der Waals surface area contributed by atoms with Crippen LogP contribution in [0, 0.1) is 5.92 Å². The van der Waals surface area contributed by atoms with Gasteiger partial charge in [-0.05, 0) is 31.4 Å². The SMILES string of the molecule is CC(=O)c1ccccc1NC(=O)COC(=O)C[C@@H]1CCS(=O)(=O)C1. The van der Waals surface area contributed by atoms with Gasteiger partial charge in [-0.15, -0.1) is 0 Å². The molecule has 0 aromatic heterocycles. The van der Waals surface area contributed by atoms with E-state index in [2.05, 4.69) is 5.32 Å². The van der Waals surface area contributed by atoms with Crippen LogP contribution in [0.5, 0.6) is 0 Å². The predicted octanol–water partition coefficient (Wildman–Crippen LogP) is 1.20. The van der Waals surface area contributed by atoms with Crippen molar-refractivity contribution >= 4 is 33.2 Å². The smallest absolute Gasteiger partial charge is 0.306 e. The maximum atomic E-state index is 11.8. The van der Waals surface area contributed by atoms with Crippen molar-refractivity contribution in [2.75, 3.05) is 23.4 Å². The van der Waals surface area contributed by atoms with Crippen molar-refractivity contribution in [3.05, 3.63) is 29.8 Å². The standard InChI is InChI=1S/C16H19NO6S/c1-11(18)13-4-2-3-5-14(13)17-15(19)9-23-16(20)8-12-6-7-24(21,22)10-12/h2-5,12H,6-10H2,1H3,(H,17,19)/t12-/m0/s1. The molecule has 1 amide bonds. The summed E-state index contributed by atoms with van der Waals surface area (Å²) < 4.78 is 27.5. The zero-order valence-corrected chi connectivity index (χ0v) is 14.1. The van der Waals surface area contributed by atoms with Gasteiger partial charge in [-0.3, -0.25) is 14.4 Å². The van der Waals surface area contributed by atoms with Gasteiger partial charge in [-0.1, -0.05) is 12.1 Å². The predicted molar refractivity (Wildman–Crippen MR) is 87.4 cm³/mol. The molecule has 0 bridgehead atoms. The van der Waals surface area contributed by atoms with E-state index >= 15 is 0 Å². The molecule has 1 fully saturated rings. The molecule has 0 radical (unpaired) electrons. The summed E-state index contributed by atoms with van der Waals surface area (Å²) in [7, 11) is -3.04. The van der Waals surface area contributed by atoms with Crippen LogP contribution < -0.4 is 5.32 Å². The van der Waals surface area contributed by atoms with E-state index in [1.807, 2.05) is 0 Å². The Hall–Kier alpha value is -2.22. The van der Waals surface area contributed by atoms with Crippen LogP contribution in [0.3, 0.4) is 0 Å². The van der Waals surface area contributed by atoms with Gasteiger partial charge in [-0.25, -0.2) is 8.42 Å². The molecule has 0 aliphatic carbocycles. The summed E-state index contributed by atoms with van der Waals surface area (Å²) in [6, 6.07) is 6.53. The summed E-state index contributed by atoms with van der Waals surface area (Å²) in [5, 5.41) is 2.52. The maximum Gasteiger partial charge on any atom is 0.306 e. The van der Waals surface area contributed by atoms with Crippen LogP contribution in [-0.2, 0) is 24.2 Å². The molecule has 1 N–H and O–H groups in total. The van der Waals surface area contributed by atoms with Gasteiger partial charge in [0.1, 0.15) is 0 Å². The number of benzene rings is 1. The Kier molecular flexibility index (Phi) is 5.71. The third-order valence-corrected chi connectivity index (χ3v) is 5.56. The molecule has 1 aromatic carbocycles. The van der Waals surface area contributed by atoms with Crippen LogP contribution in [0.15, 0.2) is 24.3 Å². The molecule has 7 nitrogen and oxygen atoms in total. The van der Waals surface area contributed by atoms with E-state index in [9.17, 15) is 22.8 Å². The number of hydrogen-bond acceptors (Lipinski definition) is 6. The lowest BCUT2D eigenvalue weighted by molar-refractivity contribution is -0.148. The minimum absolute atomic E-state index is 0.0136. The van der Waals surface area contributed by atoms with Crippen molar-refractivity contribution in [2.24, 2.45) is 5.92 Å². The molecule has 1 heterocycles. The Bertz CT molecular complexity index is 756. The first-order chi connectivity index (χ1) is 11.3. The number of hydrogen-bond donors (Lipinski definition) is 1. The van der Waals surface area contributed by atoms with Gasteiger partial charge in [0.2, 0.25) is 0 Å². The molecule has 1 aromatic rings. The van der Waals surface area contributed by atoms with E-state index in [1.165, 1.54) is 6.92 Å². The number of nitrogens with one attached hydrogen (secondary N) is 1. The zero-order chi connectivity index (χ0) is 17.7. The molecule has 130 valence electrons. The van der Waals surface area contributed by atoms with E-state index in [0.29, 0.717) is 17.7 Å². The van der Waals surface area contributed by atoms with Crippen molar-refractivity contribution in [2.45, 2.75) is 19.8 Å². The van der Waals surface area contributed by atoms with Crippen LogP contribution >= 0.6 is 0 Å². The zero-order valence-electron chi connectivity index (χ0n) is 13.3. The topological polar surface area (TPSA) is 107 Å². The van der Waals surface area contributed by atoms with Gasteiger partial charge >= 0.3 is 5.97 Å². The molecule has 1 atom stereocenters. The molecular formula is C16H19NO6S. The lowest BCUT2D eigenvalue weighted by Crippen LogP contribution is -2.23. The molecule has 2 rings (SSSR count). The van der Waals surface area contributed by atoms with Gasteiger partial charge in [0.25, 0.3) is 5.91 Å². The molecule has 1 saturated heterocycles. The number of ketones is 1. The number of amides is 1. The highest BCUT2D eigenvalue weighted by atomic mass is 32.2. The number of anilines is 1. The Balaban J connectivity index is 1.81. The highest BCUT2D eigenvalue weighted by molar-refractivity contribution is 7.91. The molecule has 1 aliphatic heterocycles. The Labute approximate surface area is 140 Å². The van der Waals surface area contributed by atoms with E-state index < -0.39 is 28.3 Å². The third kappa shape index (κ3) is 5.16. The van der Waals surface area contributed by atoms with E-state index in [0.717, 1.165) is 0 Å². The van der Waals surface area contributed by atoms with Crippen molar-refractivity contribution in [3.63, 3.8) is 0 Å². The monoisotopic (exact) mass is 353 g/mol. The van der Waals surface area contributed by atoms with Crippen molar-refractivity contribution in [1.82, 2.24) is 0 Å². The fraction of sp³-hybridized carbons (Fsp3) is 0.438. The highest BCUT2D eigenvalue weighted by Gasteiger charge is 2.30. The van der Waals surface area contributed by atoms with Gasteiger partial charge in [-0.2, -0.15) is 0 Å². The fourth-order valence-electron chi connectivity index (χ4n) is 2.56. The molecule has 0 saturated carbocycles. The van der Waals surface area contributed by atoms with Gasteiger partial charge in [0.05, 0.1) is 17.2 Å². The molecule has 8 heteroatoms. The van der Waals surface area contributed by atoms with Crippen molar-refractivity contribution in [3.8, 4) is 0 Å². The molecule has 24 heavy (non-hydrogen) atoms. The van der Waals surface area contributed by atoms with Gasteiger partial charge in [0.15, 0.2) is 22.2 Å². The summed E-state index contributed by atoms with van der Waals surface area (Å²) in [6.45, 7) is 0.908. The maximum absolute atomic E-state index is 11.8. The summed E-state index contributed by atoms with van der Waals surface area (Å²) in [5.41, 5.74) is 0.723. The number of carbonyl (C=O) groups is 3. The first-order valence-corrected chi connectivity index (χ1v) is 9.35. The number of Topliss-reactive ketones (excluding diaryl/α,β-unsaturated/α-hetero) is 1. The molecule has 0 unspecified atom stereocenters. The molecule has 1 aliphatic rings. The molecule has 0 spiro atoms. The summed E-state index contributed by atoms with van der Waals surface area (Å²) in [4.78, 5) is 35.0. The minimum Gasteiger partial charge on any atom is -0.456 e. The fourth-order valence-corrected chi connectivity index (χ4v) is 4.42. The average molecular weight is 353 g/mol. The number of esters is 1. The first-order valence-electron chi connectivity index (χ1n) is 7.53. The second-order valence-electron chi connectivity index (χ2n) is 5.78. The Morgan fingerprint density at radius 2 is 1.96 bits per heavy atom. The third-order valence-electron chi connectivity index (χ3n) is 3.73. The Morgan fingerprint density at radius 3 is 2.58 bits per heavy atom. The molecular weight excluding hydrogens is 334 g/mol. The van der Waals surface area contributed by atoms with Crippen molar-refractivity contribution < 1.29 is 27.5 Å². The largest absolute Gasteiger partial charge is 0.456 e. The van der Waals surface area contributed by atoms with Crippen LogP contribution in [0.4, 0.5) is 5.69 Å². The number of rotatable bonds is 6. The van der Waals surface area contributed by atoms with Crippen LogP contribution in [0.2, 0.25) is 0 Å². The van der Waals surface area contributed by atoms with Gasteiger partial charge < -0.3 is 10.1 Å². The number of sulfone groups is 1. The van der Waals surface area contributed by atoms with Crippen LogP contribution in [0.25, 0.3) is 0 Å². The lowest BCUT2D eigenvalue weighted by Gasteiger charge is -2.10. The average Bonchev–Trinajstić information content (AvgIpc) is 2.84. The van der Waals surface area contributed by atoms with Gasteiger partial charge in [0, 0.05) is 12.0 Å². The Morgan fingerprint density at radius 1 is 1.25 bits per heavy atom. The second kappa shape index (κ2) is 7.57. The summed E-state index contributed by atoms with van der Waals surface area (Å²) >= 11 is 0. The van der Waals surface area contributed by atoms with E-state index in [1.54, 1.807) is 24.3 Å².